The topological polar surface area (TPSA) is 122 Å². The maximum absolute atomic E-state index is 12.7. The lowest BCUT2D eigenvalue weighted by molar-refractivity contribution is 0.190. The molecule has 0 spiro atoms. The highest BCUT2D eigenvalue weighted by molar-refractivity contribution is 5.90. The van der Waals surface area contributed by atoms with E-state index < -0.39 is 11.2 Å². The van der Waals surface area contributed by atoms with Crippen molar-refractivity contribution in [2.75, 3.05) is 26.7 Å². The first-order chi connectivity index (χ1) is 14.1. The molecular weight excluding hydrogens is 374 g/mol. The Labute approximate surface area is 165 Å². The molecule has 1 saturated heterocycles. The fraction of sp³-hybridized carbons (Fsp3) is 0.526. The van der Waals surface area contributed by atoms with Gasteiger partial charge in [-0.15, -0.1) is 0 Å². The number of aromatic amines is 1. The molecule has 1 unspecified atom stereocenters. The van der Waals surface area contributed by atoms with Crippen LogP contribution in [0.15, 0.2) is 20.2 Å². The first kappa shape index (κ1) is 18.2. The van der Waals surface area contributed by atoms with Crippen LogP contribution in [0.1, 0.15) is 43.2 Å². The lowest BCUT2D eigenvalue weighted by Gasteiger charge is -2.30. The molecule has 3 aromatic rings. The number of aromatic nitrogens is 5. The summed E-state index contributed by atoms with van der Waals surface area (Å²) in [6.45, 7) is 4.79. The highest BCUT2D eigenvalue weighted by atomic mass is 16.5. The highest BCUT2D eigenvalue weighted by Gasteiger charge is 2.30. The van der Waals surface area contributed by atoms with E-state index in [1.165, 1.54) is 4.57 Å². The third kappa shape index (κ3) is 3.08. The van der Waals surface area contributed by atoms with Gasteiger partial charge < -0.3 is 9.84 Å². The van der Waals surface area contributed by atoms with Gasteiger partial charge in [0.15, 0.2) is 11.5 Å². The van der Waals surface area contributed by atoms with Crippen molar-refractivity contribution in [3.63, 3.8) is 0 Å². The molecule has 1 atom stereocenters. The highest BCUT2D eigenvalue weighted by Crippen LogP contribution is 2.41. The average molecular weight is 397 g/mol. The minimum atomic E-state index is -0.490. The number of rotatable bonds is 4. The van der Waals surface area contributed by atoms with Gasteiger partial charge in [0, 0.05) is 37.8 Å². The Morgan fingerprint density at radius 1 is 1.28 bits per heavy atom. The maximum atomic E-state index is 12.7. The first-order valence-corrected chi connectivity index (χ1v) is 9.99. The molecule has 2 N–H and O–H groups in total. The average Bonchev–Trinajstić information content (AvgIpc) is 3.45. The number of piperazine rings is 1. The van der Waals surface area contributed by atoms with E-state index in [0.29, 0.717) is 34.9 Å². The Bertz CT molecular complexity index is 1190. The molecule has 5 rings (SSSR count). The number of hydrogen-bond donors (Lipinski definition) is 2. The van der Waals surface area contributed by atoms with Crippen molar-refractivity contribution in [3.05, 3.63) is 38.4 Å². The summed E-state index contributed by atoms with van der Waals surface area (Å²) in [5.41, 5.74) is 0.812. The molecule has 0 amide bonds. The van der Waals surface area contributed by atoms with Gasteiger partial charge in [-0.3, -0.25) is 19.2 Å². The van der Waals surface area contributed by atoms with E-state index in [1.54, 1.807) is 0 Å². The smallest absolute Gasteiger partial charge is 0.329 e. The van der Waals surface area contributed by atoms with Crippen LogP contribution in [-0.2, 0) is 6.54 Å². The van der Waals surface area contributed by atoms with Gasteiger partial charge in [0.25, 0.3) is 11.4 Å². The molecule has 2 aliphatic rings. The van der Waals surface area contributed by atoms with Crippen molar-refractivity contribution in [2.45, 2.75) is 38.3 Å². The van der Waals surface area contributed by atoms with Crippen molar-refractivity contribution in [1.29, 1.82) is 0 Å². The summed E-state index contributed by atoms with van der Waals surface area (Å²) < 4.78 is 7.07. The van der Waals surface area contributed by atoms with E-state index in [0.717, 1.165) is 38.2 Å². The summed E-state index contributed by atoms with van der Waals surface area (Å²) in [5.74, 6) is 1.20. The summed E-state index contributed by atoms with van der Waals surface area (Å²) in [6, 6.07) is 1.86. The Hall–Kier alpha value is -2.85. The van der Waals surface area contributed by atoms with Gasteiger partial charge in [-0.2, -0.15) is 4.98 Å². The van der Waals surface area contributed by atoms with Crippen molar-refractivity contribution < 1.29 is 4.52 Å². The zero-order valence-electron chi connectivity index (χ0n) is 16.4. The van der Waals surface area contributed by atoms with Crippen LogP contribution >= 0.6 is 0 Å². The fourth-order valence-electron chi connectivity index (χ4n) is 3.92. The minimum Gasteiger partial charge on any atom is -0.334 e. The summed E-state index contributed by atoms with van der Waals surface area (Å²) in [5, 5.41) is 7.83. The second-order valence-electron chi connectivity index (χ2n) is 7.73. The molecule has 4 heterocycles. The van der Waals surface area contributed by atoms with Crippen molar-refractivity contribution >= 4 is 11.0 Å². The SMILES string of the molecule is CCn1c(=O)[nH]c(=O)c2c(-c3nc(C4CNCCN4C)no3)cc(C3CC3)nc21. The summed E-state index contributed by atoms with van der Waals surface area (Å²) in [7, 11) is 2.03. The summed E-state index contributed by atoms with van der Waals surface area (Å²) in [6.07, 6.45) is 2.09. The van der Waals surface area contributed by atoms with Crippen LogP contribution in [0.3, 0.4) is 0 Å². The monoisotopic (exact) mass is 397 g/mol. The predicted molar refractivity (Wildman–Crippen MR) is 106 cm³/mol. The quantitative estimate of drug-likeness (QED) is 0.657. The lowest BCUT2D eigenvalue weighted by Crippen LogP contribution is -2.44. The second-order valence-corrected chi connectivity index (χ2v) is 7.73. The zero-order chi connectivity index (χ0) is 20.1. The molecule has 0 bridgehead atoms. The minimum absolute atomic E-state index is 0.00404. The fourth-order valence-corrected chi connectivity index (χ4v) is 3.92. The lowest BCUT2D eigenvalue weighted by atomic mass is 10.1. The number of hydrogen-bond acceptors (Lipinski definition) is 8. The van der Waals surface area contributed by atoms with Crippen LogP contribution in [0.5, 0.6) is 0 Å². The maximum Gasteiger partial charge on any atom is 0.329 e. The van der Waals surface area contributed by atoms with E-state index >= 15 is 0 Å². The Kier molecular flexibility index (Phi) is 4.32. The Morgan fingerprint density at radius 2 is 2.10 bits per heavy atom. The van der Waals surface area contributed by atoms with Gasteiger partial charge in [0.2, 0.25) is 0 Å². The number of nitrogens with one attached hydrogen (secondary N) is 2. The number of H-pyrrole nitrogens is 1. The molecule has 1 aliphatic heterocycles. The number of aryl methyl sites for hydroxylation is 1. The van der Waals surface area contributed by atoms with E-state index in [9.17, 15) is 9.59 Å². The molecule has 3 aromatic heterocycles. The van der Waals surface area contributed by atoms with Crippen LogP contribution in [0.2, 0.25) is 0 Å². The van der Waals surface area contributed by atoms with Crippen molar-refractivity contribution in [3.8, 4) is 11.5 Å². The van der Waals surface area contributed by atoms with Crippen LogP contribution in [0, 0.1) is 0 Å². The standard InChI is InChI=1S/C19H23N7O3/c1-3-26-16-14(17(27)23-19(26)28)11(8-12(21-16)10-4-5-10)18-22-15(24-29-18)13-9-20-6-7-25(13)2/h8,10,13,20H,3-7,9H2,1-2H3,(H,23,27,28). The van der Waals surface area contributed by atoms with Crippen LogP contribution in [-0.4, -0.2) is 56.3 Å². The van der Waals surface area contributed by atoms with Gasteiger partial charge >= 0.3 is 5.69 Å². The largest absolute Gasteiger partial charge is 0.334 e. The van der Waals surface area contributed by atoms with Crippen molar-refractivity contribution in [1.82, 2.24) is 34.9 Å². The third-order valence-corrected chi connectivity index (χ3v) is 5.76. The zero-order valence-corrected chi connectivity index (χ0v) is 16.4. The van der Waals surface area contributed by atoms with Crippen LogP contribution in [0.4, 0.5) is 0 Å². The van der Waals surface area contributed by atoms with Crippen molar-refractivity contribution in [2.24, 2.45) is 0 Å². The molecule has 0 aromatic carbocycles. The van der Waals surface area contributed by atoms with E-state index in [2.05, 4.69) is 30.3 Å². The normalized spacial score (nSPS) is 20.4. The molecular formula is C19H23N7O3. The van der Waals surface area contributed by atoms with Gasteiger partial charge in [0.05, 0.1) is 17.0 Å². The Morgan fingerprint density at radius 3 is 2.83 bits per heavy atom. The number of fused-ring (bicyclic) bond motifs is 1. The number of pyridine rings is 1. The van der Waals surface area contributed by atoms with Crippen LogP contribution in [0.25, 0.3) is 22.5 Å². The van der Waals surface area contributed by atoms with E-state index in [1.807, 2.05) is 20.0 Å². The van der Waals surface area contributed by atoms with Gasteiger partial charge in [-0.25, -0.2) is 9.78 Å². The molecule has 0 radical (unpaired) electrons. The molecule has 10 heteroatoms. The number of nitrogens with zero attached hydrogens (tertiary/aromatic N) is 5. The Balaban J connectivity index is 1.70. The number of likely N-dealkylation sites (N-methyl/N-ethyl adjacent to an activating group) is 1. The third-order valence-electron chi connectivity index (χ3n) is 5.76. The molecule has 2 fully saturated rings. The summed E-state index contributed by atoms with van der Waals surface area (Å²) in [4.78, 5) is 38.8. The van der Waals surface area contributed by atoms with E-state index in [4.69, 9.17) is 4.52 Å². The molecule has 10 nitrogen and oxygen atoms in total. The molecule has 152 valence electrons. The predicted octanol–water partition coefficient (Wildman–Crippen LogP) is 0.608. The molecule has 1 saturated carbocycles. The second kappa shape index (κ2) is 6.89. The van der Waals surface area contributed by atoms with Gasteiger partial charge in [-0.05, 0) is 32.9 Å². The summed E-state index contributed by atoms with van der Waals surface area (Å²) >= 11 is 0. The van der Waals surface area contributed by atoms with Gasteiger partial charge in [0.1, 0.15) is 0 Å². The molecule has 1 aliphatic carbocycles. The van der Waals surface area contributed by atoms with Crippen LogP contribution < -0.4 is 16.6 Å². The molecule has 29 heavy (non-hydrogen) atoms. The first-order valence-electron chi connectivity index (χ1n) is 9.99. The van der Waals surface area contributed by atoms with E-state index in [-0.39, 0.29) is 11.9 Å². The van der Waals surface area contributed by atoms with Gasteiger partial charge in [-0.1, -0.05) is 5.16 Å².